The van der Waals surface area contributed by atoms with Crippen molar-refractivity contribution in [3.05, 3.63) is 35.4 Å². The molecule has 5 nitrogen and oxygen atoms in total. The first-order valence-corrected chi connectivity index (χ1v) is 9.65. The minimum absolute atomic E-state index is 0.0382. The molecule has 0 spiro atoms. The summed E-state index contributed by atoms with van der Waals surface area (Å²) in [4.78, 5) is 14.7. The van der Waals surface area contributed by atoms with E-state index in [0.29, 0.717) is 18.5 Å². The van der Waals surface area contributed by atoms with Crippen molar-refractivity contribution in [3.63, 3.8) is 0 Å². The van der Waals surface area contributed by atoms with Crippen LogP contribution in [-0.2, 0) is 16.0 Å². The van der Waals surface area contributed by atoms with Crippen LogP contribution in [0.15, 0.2) is 24.3 Å². The number of carbonyl (C=O) groups is 1. The van der Waals surface area contributed by atoms with Gasteiger partial charge in [-0.25, -0.2) is 0 Å². The van der Waals surface area contributed by atoms with Crippen LogP contribution in [0.25, 0.3) is 6.08 Å². The molecular weight excluding hydrogens is 328 g/mol. The van der Waals surface area contributed by atoms with Gasteiger partial charge in [-0.1, -0.05) is 19.9 Å². The van der Waals surface area contributed by atoms with Crippen molar-refractivity contribution in [1.29, 1.82) is 0 Å². The lowest BCUT2D eigenvalue weighted by Crippen LogP contribution is -2.49. The second kappa shape index (κ2) is 9.19. The smallest absolute Gasteiger partial charge is 0.244 e. The average molecular weight is 358 g/mol. The van der Waals surface area contributed by atoms with E-state index < -0.39 is 0 Å². The van der Waals surface area contributed by atoms with Crippen molar-refractivity contribution >= 4 is 12.0 Å². The largest absolute Gasteiger partial charge is 0.493 e. The van der Waals surface area contributed by atoms with Crippen molar-refractivity contribution in [2.75, 3.05) is 39.5 Å². The zero-order chi connectivity index (χ0) is 18.4. The molecule has 0 aromatic heterocycles. The number of nitrogens with one attached hydrogen (secondary N) is 1. The predicted molar refractivity (Wildman–Crippen MR) is 103 cm³/mol. The Morgan fingerprint density at radius 1 is 1.27 bits per heavy atom. The van der Waals surface area contributed by atoms with Crippen LogP contribution in [-0.4, -0.2) is 56.3 Å². The summed E-state index contributed by atoms with van der Waals surface area (Å²) in [7, 11) is 0. The Hall–Kier alpha value is -1.85. The molecule has 2 heterocycles. The molecule has 1 fully saturated rings. The Balaban J connectivity index is 1.52. The highest BCUT2D eigenvalue weighted by molar-refractivity contribution is 5.91. The summed E-state index contributed by atoms with van der Waals surface area (Å²) in [6, 6.07) is 6.44. The van der Waals surface area contributed by atoms with Crippen LogP contribution in [0.3, 0.4) is 0 Å². The van der Waals surface area contributed by atoms with Crippen LogP contribution in [0.5, 0.6) is 5.75 Å². The number of nitrogens with zero attached hydrogens (tertiary/aromatic N) is 1. The summed E-state index contributed by atoms with van der Waals surface area (Å²) < 4.78 is 11.0. The highest BCUT2D eigenvalue weighted by Crippen LogP contribution is 2.26. The summed E-state index contributed by atoms with van der Waals surface area (Å²) in [6.07, 6.45) is 5.53. The van der Waals surface area contributed by atoms with Crippen LogP contribution >= 0.6 is 0 Å². The molecule has 1 N–H and O–H groups in total. The number of amides is 1. The summed E-state index contributed by atoms with van der Waals surface area (Å²) in [5.41, 5.74) is 2.26. The second-order valence-electron chi connectivity index (χ2n) is 7.48. The monoisotopic (exact) mass is 358 g/mol. The number of morpholine rings is 1. The number of fused-ring (bicyclic) bond motifs is 1. The molecule has 0 radical (unpaired) electrons. The van der Waals surface area contributed by atoms with Gasteiger partial charge in [0.1, 0.15) is 5.75 Å². The van der Waals surface area contributed by atoms with E-state index in [-0.39, 0.29) is 5.91 Å². The van der Waals surface area contributed by atoms with Gasteiger partial charge in [-0.3, -0.25) is 9.69 Å². The molecule has 3 rings (SSSR count). The molecule has 0 aliphatic carbocycles. The van der Waals surface area contributed by atoms with Crippen LogP contribution < -0.4 is 10.1 Å². The maximum atomic E-state index is 12.3. The molecular formula is C21H30N2O3. The van der Waals surface area contributed by atoms with E-state index in [1.54, 1.807) is 6.08 Å². The highest BCUT2D eigenvalue weighted by atomic mass is 16.5. The van der Waals surface area contributed by atoms with Crippen molar-refractivity contribution in [1.82, 2.24) is 10.2 Å². The van der Waals surface area contributed by atoms with Crippen LogP contribution in [0.2, 0.25) is 0 Å². The Labute approximate surface area is 156 Å². The fourth-order valence-electron chi connectivity index (χ4n) is 3.61. The number of ether oxygens (including phenoxy) is 2. The molecule has 1 saturated heterocycles. The van der Waals surface area contributed by atoms with Crippen molar-refractivity contribution in [2.45, 2.75) is 32.7 Å². The molecule has 2 aliphatic heterocycles. The summed E-state index contributed by atoms with van der Waals surface area (Å²) >= 11 is 0. The Kier molecular flexibility index (Phi) is 6.69. The Morgan fingerprint density at radius 3 is 2.85 bits per heavy atom. The van der Waals surface area contributed by atoms with Crippen LogP contribution in [0, 0.1) is 5.92 Å². The molecule has 1 amide bonds. The van der Waals surface area contributed by atoms with Gasteiger partial charge in [0.15, 0.2) is 0 Å². The zero-order valence-corrected chi connectivity index (χ0v) is 15.9. The van der Waals surface area contributed by atoms with Gasteiger partial charge in [0, 0.05) is 38.2 Å². The van der Waals surface area contributed by atoms with E-state index in [1.807, 2.05) is 18.2 Å². The third kappa shape index (κ3) is 5.32. The number of rotatable bonds is 7. The number of carbonyl (C=O) groups excluding carboxylic acids is 1. The number of benzene rings is 1. The molecule has 1 aromatic carbocycles. The van der Waals surface area contributed by atoms with Crippen LogP contribution in [0.1, 0.15) is 31.4 Å². The highest BCUT2D eigenvalue weighted by Gasteiger charge is 2.22. The Bertz CT molecular complexity index is 636. The lowest BCUT2D eigenvalue weighted by atomic mass is 10.0. The molecule has 5 heteroatoms. The molecule has 26 heavy (non-hydrogen) atoms. The summed E-state index contributed by atoms with van der Waals surface area (Å²) in [5, 5.41) is 3.08. The standard InChI is InChI=1S/C21H30N2O3/c1-16(2)13-19(23-8-11-25-12-9-23)15-22-21(24)6-4-17-3-5-20-18(14-17)7-10-26-20/h3-6,14,16,19H,7-13,15H2,1-2H3,(H,22,24)/b6-4+. The first-order valence-electron chi connectivity index (χ1n) is 9.65. The van der Waals surface area contributed by atoms with Crippen molar-refractivity contribution in [3.8, 4) is 5.75 Å². The molecule has 1 aromatic rings. The topological polar surface area (TPSA) is 50.8 Å². The minimum Gasteiger partial charge on any atom is -0.493 e. The maximum absolute atomic E-state index is 12.3. The predicted octanol–water partition coefficient (Wildman–Crippen LogP) is 2.50. The fourth-order valence-corrected chi connectivity index (χ4v) is 3.61. The van der Waals surface area contributed by atoms with Gasteiger partial charge in [0.25, 0.3) is 0 Å². The lowest BCUT2D eigenvalue weighted by Gasteiger charge is -2.35. The van der Waals surface area contributed by atoms with E-state index in [2.05, 4.69) is 30.1 Å². The van der Waals surface area contributed by atoms with E-state index >= 15 is 0 Å². The molecule has 0 bridgehead atoms. The minimum atomic E-state index is -0.0382. The SMILES string of the molecule is CC(C)CC(CNC(=O)/C=C/c1ccc2c(c1)CCO2)N1CCOCC1. The third-order valence-corrected chi connectivity index (χ3v) is 4.96. The zero-order valence-electron chi connectivity index (χ0n) is 15.9. The van der Waals surface area contributed by atoms with E-state index in [4.69, 9.17) is 9.47 Å². The molecule has 142 valence electrons. The summed E-state index contributed by atoms with van der Waals surface area (Å²) in [6.45, 7) is 9.34. The maximum Gasteiger partial charge on any atom is 0.244 e. The van der Waals surface area contributed by atoms with E-state index in [9.17, 15) is 4.79 Å². The van der Waals surface area contributed by atoms with Crippen LogP contribution in [0.4, 0.5) is 0 Å². The molecule has 0 saturated carbocycles. The van der Waals surface area contributed by atoms with Gasteiger partial charge in [0.2, 0.25) is 5.91 Å². The van der Waals surface area contributed by atoms with Crippen molar-refractivity contribution in [2.24, 2.45) is 5.92 Å². The molecule has 1 unspecified atom stereocenters. The van der Waals surface area contributed by atoms with E-state index in [1.165, 1.54) is 5.56 Å². The Morgan fingerprint density at radius 2 is 2.08 bits per heavy atom. The fraction of sp³-hybridized carbons (Fsp3) is 0.571. The molecule has 2 aliphatic rings. The second-order valence-corrected chi connectivity index (χ2v) is 7.48. The normalized spacial score (nSPS) is 18.7. The van der Waals surface area contributed by atoms with Gasteiger partial charge in [-0.05, 0) is 41.7 Å². The van der Waals surface area contributed by atoms with E-state index in [0.717, 1.165) is 57.1 Å². The van der Waals surface area contributed by atoms with Gasteiger partial charge in [0.05, 0.1) is 19.8 Å². The van der Waals surface area contributed by atoms with Gasteiger partial charge < -0.3 is 14.8 Å². The average Bonchev–Trinajstić information content (AvgIpc) is 3.11. The summed E-state index contributed by atoms with van der Waals surface area (Å²) in [5.74, 6) is 1.53. The lowest BCUT2D eigenvalue weighted by molar-refractivity contribution is -0.116. The number of hydrogen-bond acceptors (Lipinski definition) is 4. The number of hydrogen-bond donors (Lipinski definition) is 1. The van der Waals surface area contributed by atoms with Gasteiger partial charge in [-0.15, -0.1) is 0 Å². The first-order chi connectivity index (χ1) is 12.6. The quantitative estimate of drug-likeness (QED) is 0.761. The first kappa shape index (κ1) is 18.9. The van der Waals surface area contributed by atoms with Gasteiger partial charge in [-0.2, -0.15) is 0 Å². The third-order valence-electron chi connectivity index (χ3n) is 4.96. The molecule has 1 atom stereocenters. The van der Waals surface area contributed by atoms with Crippen molar-refractivity contribution < 1.29 is 14.3 Å². The van der Waals surface area contributed by atoms with Gasteiger partial charge >= 0.3 is 0 Å².